The van der Waals surface area contributed by atoms with E-state index in [1.807, 2.05) is 0 Å². The molecule has 0 aliphatic carbocycles. The third-order valence-electron chi connectivity index (χ3n) is 3.80. The molecular weight excluding hydrogens is 267 g/mol. The van der Waals surface area contributed by atoms with Crippen LogP contribution in [-0.4, -0.2) is 29.9 Å². The van der Waals surface area contributed by atoms with Crippen LogP contribution in [0.4, 0.5) is 4.39 Å². The van der Waals surface area contributed by atoms with Crippen LogP contribution in [-0.2, 0) is 0 Å². The average molecular weight is 285 g/mol. The molecule has 3 nitrogen and oxygen atoms in total. The topological polar surface area (TPSA) is 46.3 Å². The van der Waals surface area contributed by atoms with E-state index in [1.54, 1.807) is 11.0 Å². The molecule has 0 bridgehead atoms. The van der Waals surface area contributed by atoms with E-state index in [1.165, 1.54) is 12.1 Å². The van der Waals surface area contributed by atoms with Crippen LogP contribution in [0.25, 0.3) is 0 Å². The molecule has 0 radical (unpaired) electrons. The van der Waals surface area contributed by atoms with Crippen molar-refractivity contribution in [3.8, 4) is 0 Å². The number of hydrogen-bond donors (Lipinski definition) is 1. The van der Waals surface area contributed by atoms with Gasteiger partial charge in [0.15, 0.2) is 0 Å². The number of piperidine rings is 1. The maximum absolute atomic E-state index is 13.4. The van der Waals surface area contributed by atoms with E-state index in [2.05, 4.69) is 6.92 Å². The van der Waals surface area contributed by atoms with Crippen LogP contribution in [0, 0.1) is 11.7 Å². The molecule has 2 N–H and O–H groups in total. The Morgan fingerprint density at radius 3 is 3.00 bits per heavy atom. The first-order valence-electron chi connectivity index (χ1n) is 6.51. The Bertz CT molecular complexity index is 481. The quantitative estimate of drug-likeness (QED) is 0.907. The molecule has 1 aromatic carbocycles. The van der Waals surface area contributed by atoms with Gasteiger partial charge in [-0.15, -0.1) is 0 Å². The van der Waals surface area contributed by atoms with E-state index in [0.717, 1.165) is 12.8 Å². The lowest BCUT2D eigenvalue weighted by Crippen LogP contribution is -2.51. The van der Waals surface area contributed by atoms with Gasteiger partial charge in [0.2, 0.25) is 0 Å². The van der Waals surface area contributed by atoms with Crippen molar-refractivity contribution >= 4 is 17.5 Å². The van der Waals surface area contributed by atoms with Crippen molar-refractivity contribution in [3.05, 3.63) is 34.6 Å². The molecule has 1 saturated heterocycles. The number of benzene rings is 1. The van der Waals surface area contributed by atoms with Crippen LogP contribution in [0.1, 0.15) is 30.1 Å². The first-order chi connectivity index (χ1) is 9.06. The van der Waals surface area contributed by atoms with Gasteiger partial charge < -0.3 is 10.6 Å². The second kappa shape index (κ2) is 5.88. The summed E-state index contributed by atoms with van der Waals surface area (Å²) in [5.74, 6) is -0.441. The average Bonchev–Trinajstić information content (AvgIpc) is 2.41. The van der Waals surface area contributed by atoms with E-state index in [9.17, 15) is 9.18 Å². The molecule has 1 aliphatic rings. The second-order valence-corrected chi connectivity index (χ2v) is 5.40. The minimum absolute atomic E-state index is 0.000541. The van der Waals surface area contributed by atoms with E-state index in [0.29, 0.717) is 19.0 Å². The first kappa shape index (κ1) is 14.3. The lowest BCUT2D eigenvalue weighted by molar-refractivity contribution is 0.0532. The largest absolute Gasteiger partial charge is 0.334 e. The number of carbonyl (C=O) groups is 1. The molecule has 104 valence electrons. The molecule has 1 amide bonds. The fourth-order valence-corrected chi connectivity index (χ4v) is 2.89. The first-order valence-corrected chi connectivity index (χ1v) is 6.89. The Labute approximate surface area is 117 Å². The van der Waals surface area contributed by atoms with Gasteiger partial charge in [0.25, 0.3) is 5.91 Å². The molecule has 1 fully saturated rings. The van der Waals surface area contributed by atoms with Crippen LogP contribution >= 0.6 is 11.6 Å². The molecule has 1 heterocycles. The second-order valence-electron chi connectivity index (χ2n) is 5.02. The molecule has 2 unspecified atom stereocenters. The highest BCUT2D eigenvalue weighted by atomic mass is 35.5. The fraction of sp³-hybridized carbons (Fsp3) is 0.500. The summed E-state index contributed by atoms with van der Waals surface area (Å²) in [6, 6.07) is 4.30. The van der Waals surface area contributed by atoms with Gasteiger partial charge in [0.05, 0.1) is 10.6 Å². The highest BCUT2D eigenvalue weighted by molar-refractivity contribution is 6.34. The zero-order valence-corrected chi connectivity index (χ0v) is 11.7. The number of halogens is 2. The molecule has 1 aromatic rings. The van der Waals surface area contributed by atoms with Crippen LogP contribution in [0.2, 0.25) is 5.02 Å². The summed E-state index contributed by atoms with van der Waals surface area (Å²) in [5.41, 5.74) is 5.98. The van der Waals surface area contributed by atoms with Crippen molar-refractivity contribution in [2.45, 2.75) is 25.8 Å². The van der Waals surface area contributed by atoms with Crippen LogP contribution in [0.3, 0.4) is 0 Å². The molecule has 0 spiro atoms. The molecule has 0 saturated carbocycles. The fourth-order valence-electron chi connectivity index (χ4n) is 2.68. The Balaban J connectivity index is 2.29. The normalized spacial score (nSPS) is 23.5. The van der Waals surface area contributed by atoms with Gasteiger partial charge in [-0.2, -0.15) is 0 Å². The maximum atomic E-state index is 13.4. The lowest BCUT2D eigenvalue weighted by Gasteiger charge is -2.39. The van der Waals surface area contributed by atoms with Crippen molar-refractivity contribution < 1.29 is 9.18 Å². The molecule has 2 atom stereocenters. The minimum Gasteiger partial charge on any atom is -0.334 e. The zero-order chi connectivity index (χ0) is 14.0. The number of nitrogens with zero attached hydrogens (tertiary/aromatic N) is 1. The predicted molar refractivity (Wildman–Crippen MR) is 73.7 cm³/mol. The van der Waals surface area contributed by atoms with Gasteiger partial charge in [0, 0.05) is 19.1 Å². The van der Waals surface area contributed by atoms with Crippen LogP contribution in [0.5, 0.6) is 0 Å². The number of carbonyl (C=O) groups excluding carboxylic acids is 1. The van der Waals surface area contributed by atoms with Gasteiger partial charge in [-0.3, -0.25) is 4.79 Å². The molecular formula is C14H18ClFN2O. The highest BCUT2D eigenvalue weighted by Crippen LogP contribution is 2.27. The smallest absolute Gasteiger partial charge is 0.255 e. The van der Waals surface area contributed by atoms with Gasteiger partial charge in [-0.25, -0.2) is 4.39 Å². The predicted octanol–water partition coefficient (Wildman–Crippen LogP) is 2.68. The molecule has 1 aliphatic heterocycles. The van der Waals surface area contributed by atoms with Crippen LogP contribution in [0.15, 0.2) is 18.2 Å². The van der Waals surface area contributed by atoms with Crippen molar-refractivity contribution in [3.63, 3.8) is 0 Å². The summed E-state index contributed by atoms with van der Waals surface area (Å²) < 4.78 is 13.4. The van der Waals surface area contributed by atoms with E-state index in [-0.39, 0.29) is 22.5 Å². The number of amides is 1. The summed E-state index contributed by atoms with van der Waals surface area (Å²) in [4.78, 5) is 14.2. The third-order valence-corrected chi connectivity index (χ3v) is 4.18. The van der Waals surface area contributed by atoms with Crippen molar-refractivity contribution in [1.29, 1.82) is 0 Å². The number of nitrogens with two attached hydrogens (primary N) is 1. The van der Waals surface area contributed by atoms with E-state index in [4.69, 9.17) is 17.3 Å². The van der Waals surface area contributed by atoms with Crippen molar-refractivity contribution in [1.82, 2.24) is 4.90 Å². The third kappa shape index (κ3) is 2.74. The summed E-state index contributed by atoms with van der Waals surface area (Å²) in [6.45, 7) is 3.15. The Kier molecular flexibility index (Phi) is 4.42. The highest BCUT2D eigenvalue weighted by Gasteiger charge is 2.32. The molecule has 0 aromatic heterocycles. The summed E-state index contributed by atoms with van der Waals surface area (Å²) in [6.07, 6.45) is 2.00. The lowest BCUT2D eigenvalue weighted by atomic mass is 9.90. The SMILES string of the molecule is CC1CCCN(C(=O)c2cccc(F)c2Cl)C1CN. The van der Waals surface area contributed by atoms with Gasteiger partial charge in [0.1, 0.15) is 5.82 Å². The van der Waals surface area contributed by atoms with Crippen LogP contribution < -0.4 is 5.73 Å². The number of hydrogen-bond acceptors (Lipinski definition) is 2. The minimum atomic E-state index is -0.568. The van der Waals surface area contributed by atoms with E-state index >= 15 is 0 Å². The van der Waals surface area contributed by atoms with Gasteiger partial charge in [-0.05, 0) is 30.9 Å². The Hall–Kier alpha value is -1.13. The van der Waals surface area contributed by atoms with Gasteiger partial charge >= 0.3 is 0 Å². The zero-order valence-electron chi connectivity index (χ0n) is 10.9. The summed E-state index contributed by atoms with van der Waals surface area (Å²) in [5, 5.41) is -0.110. The summed E-state index contributed by atoms with van der Waals surface area (Å²) >= 11 is 5.88. The number of rotatable bonds is 2. The monoisotopic (exact) mass is 284 g/mol. The Morgan fingerprint density at radius 1 is 1.58 bits per heavy atom. The number of likely N-dealkylation sites (tertiary alicyclic amines) is 1. The molecule has 2 rings (SSSR count). The molecule has 5 heteroatoms. The van der Waals surface area contributed by atoms with Crippen molar-refractivity contribution in [2.75, 3.05) is 13.1 Å². The van der Waals surface area contributed by atoms with E-state index < -0.39 is 5.82 Å². The Morgan fingerprint density at radius 2 is 2.32 bits per heavy atom. The van der Waals surface area contributed by atoms with Crippen molar-refractivity contribution in [2.24, 2.45) is 11.7 Å². The maximum Gasteiger partial charge on any atom is 0.255 e. The standard InChI is InChI=1S/C14H18ClFN2O/c1-9-4-3-7-18(12(9)8-17)14(19)10-5-2-6-11(16)13(10)15/h2,5-6,9,12H,3-4,7-8,17H2,1H3. The molecule has 19 heavy (non-hydrogen) atoms. The summed E-state index contributed by atoms with van der Waals surface area (Å²) in [7, 11) is 0. The van der Waals surface area contributed by atoms with Gasteiger partial charge in [-0.1, -0.05) is 24.6 Å².